The van der Waals surface area contributed by atoms with Gasteiger partial charge in [-0.05, 0) is 43.3 Å². The number of carbonyl (C=O) groups excluding carboxylic acids is 1. The molecular formula is C15H15NO4S. The number of carbonyl (C=O) groups is 1. The van der Waals surface area contributed by atoms with Gasteiger partial charge in [-0.1, -0.05) is 6.07 Å². The minimum atomic E-state index is -3.28. The number of phenols is 1. The SMILES string of the molecule is Cc1c(O)cccc1NC(=O)c1ccc(S(C)(=O)=O)cc1. The van der Waals surface area contributed by atoms with Crippen molar-refractivity contribution in [2.45, 2.75) is 11.8 Å². The first-order valence-electron chi connectivity index (χ1n) is 6.19. The second-order valence-corrected chi connectivity index (χ2v) is 6.72. The van der Waals surface area contributed by atoms with Gasteiger partial charge < -0.3 is 10.4 Å². The molecule has 5 nitrogen and oxygen atoms in total. The molecule has 0 saturated carbocycles. The second kappa shape index (κ2) is 5.57. The number of aromatic hydroxyl groups is 1. The Kier molecular flexibility index (Phi) is 3.99. The zero-order valence-electron chi connectivity index (χ0n) is 11.6. The van der Waals surface area contributed by atoms with Crippen LogP contribution >= 0.6 is 0 Å². The zero-order chi connectivity index (χ0) is 15.6. The summed E-state index contributed by atoms with van der Waals surface area (Å²) < 4.78 is 22.7. The van der Waals surface area contributed by atoms with Crippen LogP contribution in [0.1, 0.15) is 15.9 Å². The van der Waals surface area contributed by atoms with Gasteiger partial charge in [-0.3, -0.25) is 4.79 Å². The molecule has 0 unspecified atom stereocenters. The summed E-state index contributed by atoms with van der Waals surface area (Å²) >= 11 is 0. The topological polar surface area (TPSA) is 83.5 Å². The van der Waals surface area contributed by atoms with Crippen LogP contribution in [0, 0.1) is 6.92 Å². The predicted octanol–water partition coefficient (Wildman–Crippen LogP) is 2.36. The number of hydrogen-bond donors (Lipinski definition) is 2. The van der Waals surface area contributed by atoms with E-state index >= 15 is 0 Å². The fourth-order valence-electron chi connectivity index (χ4n) is 1.81. The highest BCUT2D eigenvalue weighted by molar-refractivity contribution is 7.90. The highest BCUT2D eigenvalue weighted by Gasteiger charge is 2.11. The zero-order valence-corrected chi connectivity index (χ0v) is 12.4. The summed E-state index contributed by atoms with van der Waals surface area (Å²) in [5.41, 5.74) is 1.41. The van der Waals surface area contributed by atoms with E-state index in [1.165, 1.54) is 30.3 Å². The molecule has 0 atom stereocenters. The first kappa shape index (κ1) is 15.1. The van der Waals surface area contributed by atoms with Crippen LogP contribution in [0.15, 0.2) is 47.4 Å². The lowest BCUT2D eigenvalue weighted by Crippen LogP contribution is -2.13. The van der Waals surface area contributed by atoms with E-state index < -0.39 is 9.84 Å². The van der Waals surface area contributed by atoms with Gasteiger partial charge in [0, 0.05) is 23.1 Å². The number of nitrogens with one attached hydrogen (secondary N) is 1. The Hall–Kier alpha value is -2.34. The van der Waals surface area contributed by atoms with E-state index in [-0.39, 0.29) is 16.6 Å². The Morgan fingerprint density at radius 2 is 1.71 bits per heavy atom. The molecule has 0 spiro atoms. The van der Waals surface area contributed by atoms with Crippen molar-refractivity contribution in [1.82, 2.24) is 0 Å². The molecule has 0 radical (unpaired) electrons. The summed E-state index contributed by atoms with van der Waals surface area (Å²) in [7, 11) is -3.28. The van der Waals surface area contributed by atoms with Crippen LogP contribution in [0.25, 0.3) is 0 Å². The van der Waals surface area contributed by atoms with E-state index in [1.54, 1.807) is 19.1 Å². The monoisotopic (exact) mass is 305 g/mol. The molecule has 2 aromatic rings. The van der Waals surface area contributed by atoms with Crippen LogP contribution in [-0.4, -0.2) is 25.7 Å². The van der Waals surface area contributed by atoms with Crippen LogP contribution in [0.3, 0.4) is 0 Å². The lowest BCUT2D eigenvalue weighted by Gasteiger charge is -2.09. The van der Waals surface area contributed by atoms with E-state index in [9.17, 15) is 18.3 Å². The van der Waals surface area contributed by atoms with Gasteiger partial charge >= 0.3 is 0 Å². The molecule has 0 bridgehead atoms. The third kappa shape index (κ3) is 3.41. The summed E-state index contributed by atoms with van der Waals surface area (Å²) in [5.74, 6) is -0.274. The minimum absolute atomic E-state index is 0.0974. The number of benzene rings is 2. The fourth-order valence-corrected chi connectivity index (χ4v) is 2.44. The van der Waals surface area contributed by atoms with Crippen LogP contribution in [0.4, 0.5) is 5.69 Å². The van der Waals surface area contributed by atoms with E-state index in [4.69, 9.17) is 0 Å². The Bertz CT molecular complexity index is 780. The number of rotatable bonds is 3. The van der Waals surface area contributed by atoms with Crippen LogP contribution in [0.5, 0.6) is 5.75 Å². The molecular weight excluding hydrogens is 290 g/mol. The van der Waals surface area contributed by atoms with E-state index in [0.29, 0.717) is 16.8 Å². The third-order valence-electron chi connectivity index (χ3n) is 3.10. The van der Waals surface area contributed by atoms with Gasteiger partial charge in [-0.2, -0.15) is 0 Å². The number of phenolic OH excluding ortho intramolecular Hbond substituents is 1. The Labute approximate surface area is 123 Å². The first-order chi connectivity index (χ1) is 9.79. The summed E-state index contributed by atoms with van der Waals surface area (Å²) in [5, 5.41) is 12.3. The molecule has 2 rings (SSSR count). The Balaban J connectivity index is 2.23. The van der Waals surface area contributed by atoms with Gasteiger partial charge in [0.2, 0.25) is 0 Å². The van der Waals surface area contributed by atoms with Crippen molar-refractivity contribution in [3.63, 3.8) is 0 Å². The van der Waals surface area contributed by atoms with Gasteiger partial charge in [-0.25, -0.2) is 8.42 Å². The van der Waals surface area contributed by atoms with Crippen LogP contribution < -0.4 is 5.32 Å². The van der Waals surface area contributed by atoms with Gasteiger partial charge in [0.05, 0.1) is 4.90 Å². The Morgan fingerprint density at radius 1 is 1.10 bits per heavy atom. The standard InChI is InChI=1S/C15H15NO4S/c1-10-13(4-3-5-14(10)17)16-15(18)11-6-8-12(9-7-11)21(2,19)20/h3-9,17H,1-2H3,(H,16,18). The van der Waals surface area contributed by atoms with E-state index in [0.717, 1.165) is 6.26 Å². The maximum Gasteiger partial charge on any atom is 0.255 e. The number of sulfone groups is 1. The molecule has 0 aromatic heterocycles. The van der Waals surface area contributed by atoms with Crippen molar-refractivity contribution >= 4 is 21.4 Å². The van der Waals surface area contributed by atoms with Crippen LogP contribution in [0.2, 0.25) is 0 Å². The van der Waals surface area contributed by atoms with Crippen LogP contribution in [-0.2, 0) is 9.84 Å². The summed E-state index contributed by atoms with van der Waals surface area (Å²) in [6, 6.07) is 10.5. The molecule has 1 amide bonds. The highest BCUT2D eigenvalue weighted by Crippen LogP contribution is 2.24. The van der Waals surface area contributed by atoms with Crippen molar-refractivity contribution in [3.05, 3.63) is 53.6 Å². The molecule has 110 valence electrons. The second-order valence-electron chi connectivity index (χ2n) is 4.70. The largest absolute Gasteiger partial charge is 0.508 e. The molecule has 21 heavy (non-hydrogen) atoms. The highest BCUT2D eigenvalue weighted by atomic mass is 32.2. The summed E-state index contributed by atoms with van der Waals surface area (Å²) in [4.78, 5) is 12.3. The molecule has 0 saturated heterocycles. The molecule has 2 aromatic carbocycles. The van der Waals surface area contributed by atoms with Crippen molar-refractivity contribution in [1.29, 1.82) is 0 Å². The van der Waals surface area contributed by atoms with Crippen molar-refractivity contribution in [2.75, 3.05) is 11.6 Å². The number of amides is 1. The minimum Gasteiger partial charge on any atom is -0.508 e. The fraction of sp³-hybridized carbons (Fsp3) is 0.133. The normalized spacial score (nSPS) is 11.1. The van der Waals surface area contributed by atoms with Gasteiger partial charge in [0.1, 0.15) is 5.75 Å². The van der Waals surface area contributed by atoms with E-state index in [1.807, 2.05) is 0 Å². The molecule has 2 N–H and O–H groups in total. The molecule has 6 heteroatoms. The number of hydrogen-bond acceptors (Lipinski definition) is 4. The predicted molar refractivity (Wildman–Crippen MR) is 80.3 cm³/mol. The average molecular weight is 305 g/mol. The summed E-state index contributed by atoms with van der Waals surface area (Å²) in [6.45, 7) is 1.69. The average Bonchev–Trinajstić information content (AvgIpc) is 2.43. The number of anilines is 1. The maximum absolute atomic E-state index is 12.1. The van der Waals surface area contributed by atoms with Crippen molar-refractivity contribution < 1.29 is 18.3 Å². The van der Waals surface area contributed by atoms with Crippen molar-refractivity contribution in [2.24, 2.45) is 0 Å². The third-order valence-corrected chi connectivity index (χ3v) is 4.23. The lowest BCUT2D eigenvalue weighted by atomic mass is 10.1. The lowest BCUT2D eigenvalue weighted by molar-refractivity contribution is 0.102. The molecule has 0 aliphatic rings. The first-order valence-corrected chi connectivity index (χ1v) is 8.08. The van der Waals surface area contributed by atoms with Gasteiger partial charge in [0.25, 0.3) is 5.91 Å². The quantitative estimate of drug-likeness (QED) is 0.912. The summed E-state index contributed by atoms with van der Waals surface area (Å²) in [6.07, 6.45) is 1.11. The molecule has 0 heterocycles. The molecule has 0 fully saturated rings. The Morgan fingerprint density at radius 3 is 2.29 bits per heavy atom. The van der Waals surface area contributed by atoms with Gasteiger partial charge in [0.15, 0.2) is 9.84 Å². The van der Waals surface area contributed by atoms with Crippen molar-refractivity contribution in [3.8, 4) is 5.75 Å². The molecule has 0 aliphatic heterocycles. The van der Waals surface area contributed by atoms with Gasteiger partial charge in [-0.15, -0.1) is 0 Å². The smallest absolute Gasteiger partial charge is 0.255 e. The molecule has 0 aliphatic carbocycles. The van der Waals surface area contributed by atoms with E-state index in [2.05, 4.69) is 5.32 Å². The maximum atomic E-state index is 12.1.